The van der Waals surface area contributed by atoms with Crippen LogP contribution in [-0.2, 0) is 28.6 Å². The van der Waals surface area contributed by atoms with E-state index in [9.17, 15) is 14.4 Å². The summed E-state index contributed by atoms with van der Waals surface area (Å²) in [5, 5.41) is 0. The molecule has 0 aliphatic heterocycles. The number of hydrogen-bond donors (Lipinski definition) is 0. The van der Waals surface area contributed by atoms with Gasteiger partial charge in [-0.3, -0.25) is 14.4 Å². The Kier molecular flexibility index (Phi) is 43.2. The predicted molar refractivity (Wildman–Crippen MR) is 238 cm³/mol. The zero-order valence-corrected chi connectivity index (χ0v) is 38.1. The van der Waals surface area contributed by atoms with Gasteiger partial charge in [-0.15, -0.1) is 0 Å². The van der Waals surface area contributed by atoms with E-state index in [4.69, 9.17) is 14.2 Å². The molecule has 0 aromatic heterocycles. The summed E-state index contributed by atoms with van der Waals surface area (Å²) in [6.45, 7) is 9.52. The molecule has 0 aliphatic carbocycles. The van der Waals surface area contributed by atoms with E-state index in [1.54, 1.807) is 0 Å². The third kappa shape index (κ3) is 39.2. The lowest BCUT2D eigenvalue weighted by Crippen LogP contribution is -2.35. The Hall–Kier alpha value is -1.59. The molecule has 6 nitrogen and oxygen atoms in total. The molecule has 0 saturated carbocycles. The maximum Gasteiger partial charge on any atom is 0.306 e. The van der Waals surface area contributed by atoms with Gasteiger partial charge in [-0.1, -0.05) is 214 Å². The summed E-state index contributed by atoms with van der Waals surface area (Å²) in [6, 6.07) is 0. The SMILES string of the molecule is CCCCCCCCCCCC(=O)OC(CCCCCCCC)C(CCCCCCCC(=O)OCCCCCCCC)OC(=O)CCCCCCCCCCC. The lowest BCUT2D eigenvalue weighted by atomic mass is 9.98. The van der Waals surface area contributed by atoms with Crippen LogP contribution in [0.4, 0.5) is 0 Å². The van der Waals surface area contributed by atoms with Gasteiger partial charge in [0.15, 0.2) is 0 Å². The normalized spacial score (nSPS) is 12.4. The maximum absolute atomic E-state index is 13.2. The van der Waals surface area contributed by atoms with Crippen LogP contribution in [0.1, 0.15) is 285 Å². The highest BCUT2D eigenvalue weighted by molar-refractivity contribution is 5.70. The fourth-order valence-electron chi connectivity index (χ4n) is 7.67. The van der Waals surface area contributed by atoms with Crippen LogP contribution in [0.3, 0.4) is 0 Å². The molecule has 0 fully saturated rings. The van der Waals surface area contributed by atoms with Gasteiger partial charge in [0.05, 0.1) is 6.61 Å². The molecule has 0 aromatic carbocycles. The minimum absolute atomic E-state index is 0.0701. The van der Waals surface area contributed by atoms with Crippen molar-refractivity contribution in [2.45, 2.75) is 297 Å². The molecule has 0 aliphatic rings. The third-order valence-corrected chi connectivity index (χ3v) is 11.4. The quantitative estimate of drug-likeness (QED) is 0.0347. The second-order valence-electron chi connectivity index (χ2n) is 17.1. The van der Waals surface area contributed by atoms with E-state index in [-0.39, 0.29) is 30.1 Å². The molecule has 332 valence electrons. The van der Waals surface area contributed by atoms with Crippen molar-refractivity contribution in [1.29, 1.82) is 0 Å². The van der Waals surface area contributed by atoms with Gasteiger partial charge in [-0.05, 0) is 51.4 Å². The van der Waals surface area contributed by atoms with Crippen LogP contribution in [0.15, 0.2) is 0 Å². The van der Waals surface area contributed by atoms with Crippen molar-refractivity contribution in [2.24, 2.45) is 0 Å². The predicted octanol–water partition coefficient (Wildman–Crippen LogP) is 16.0. The summed E-state index contributed by atoms with van der Waals surface area (Å²) in [7, 11) is 0. The van der Waals surface area contributed by atoms with Crippen molar-refractivity contribution in [3.63, 3.8) is 0 Å². The number of ether oxygens (including phenoxy) is 3. The van der Waals surface area contributed by atoms with Gasteiger partial charge in [0, 0.05) is 19.3 Å². The molecule has 0 N–H and O–H groups in total. The summed E-state index contributed by atoms with van der Waals surface area (Å²) < 4.78 is 17.9. The zero-order valence-electron chi connectivity index (χ0n) is 38.1. The molecular weight excluding hydrogens is 697 g/mol. The Morgan fingerprint density at radius 3 is 0.875 bits per heavy atom. The molecule has 56 heavy (non-hydrogen) atoms. The van der Waals surface area contributed by atoms with E-state index in [2.05, 4.69) is 27.7 Å². The lowest BCUT2D eigenvalue weighted by molar-refractivity contribution is -0.169. The van der Waals surface area contributed by atoms with Gasteiger partial charge in [0.2, 0.25) is 0 Å². The second-order valence-corrected chi connectivity index (χ2v) is 17.1. The number of hydrogen-bond acceptors (Lipinski definition) is 6. The van der Waals surface area contributed by atoms with Crippen molar-refractivity contribution >= 4 is 17.9 Å². The highest BCUT2D eigenvalue weighted by Gasteiger charge is 2.28. The zero-order chi connectivity index (χ0) is 41.0. The molecule has 2 atom stereocenters. The Labute approximate surface area is 348 Å². The van der Waals surface area contributed by atoms with Crippen LogP contribution in [0.2, 0.25) is 0 Å². The van der Waals surface area contributed by atoms with E-state index < -0.39 is 0 Å². The van der Waals surface area contributed by atoms with Gasteiger partial charge >= 0.3 is 17.9 Å². The standard InChI is InChI=1S/C50H96O6/c1-5-9-13-17-21-23-25-30-37-43-49(52)55-46(40-34-28-19-15-11-7-3)47(56-50(53)44-38-31-26-24-22-18-14-10-6-2)41-35-29-27-32-36-42-48(51)54-45-39-33-20-16-12-8-4/h46-47H,5-45H2,1-4H3. The molecule has 2 unspecified atom stereocenters. The minimum atomic E-state index is -0.388. The summed E-state index contributed by atoms with van der Waals surface area (Å²) in [5.74, 6) is -0.341. The van der Waals surface area contributed by atoms with E-state index in [0.29, 0.717) is 25.9 Å². The molecular formula is C50H96O6. The van der Waals surface area contributed by atoms with Crippen LogP contribution in [0.5, 0.6) is 0 Å². The van der Waals surface area contributed by atoms with Crippen LogP contribution in [0, 0.1) is 0 Å². The largest absolute Gasteiger partial charge is 0.466 e. The van der Waals surface area contributed by atoms with Crippen molar-refractivity contribution in [3.8, 4) is 0 Å². The van der Waals surface area contributed by atoms with E-state index in [0.717, 1.165) is 96.3 Å². The monoisotopic (exact) mass is 793 g/mol. The van der Waals surface area contributed by atoms with Gasteiger partial charge in [-0.25, -0.2) is 0 Å². The van der Waals surface area contributed by atoms with Gasteiger partial charge in [0.1, 0.15) is 12.2 Å². The van der Waals surface area contributed by atoms with Crippen LogP contribution < -0.4 is 0 Å². The summed E-state index contributed by atoms with van der Waals surface area (Å²) >= 11 is 0. The average Bonchev–Trinajstić information content (AvgIpc) is 3.19. The third-order valence-electron chi connectivity index (χ3n) is 11.4. The lowest BCUT2D eigenvalue weighted by Gasteiger charge is -2.27. The van der Waals surface area contributed by atoms with Crippen LogP contribution in [0.25, 0.3) is 0 Å². The first-order valence-electron chi connectivity index (χ1n) is 25.0. The molecule has 0 radical (unpaired) electrons. The highest BCUT2D eigenvalue weighted by Crippen LogP contribution is 2.23. The Bertz CT molecular complexity index is 843. The first-order valence-corrected chi connectivity index (χ1v) is 25.0. The van der Waals surface area contributed by atoms with Gasteiger partial charge < -0.3 is 14.2 Å². The smallest absolute Gasteiger partial charge is 0.306 e. The molecule has 0 bridgehead atoms. The average molecular weight is 793 g/mol. The topological polar surface area (TPSA) is 78.9 Å². The Morgan fingerprint density at radius 1 is 0.304 bits per heavy atom. The van der Waals surface area contributed by atoms with Crippen molar-refractivity contribution < 1.29 is 28.6 Å². The molecule has 0 rings (SSSR count). The summed E-state index contributed by atoms with van der Waals surface area (Å²) in [4.78, 5) is 38.7. The molecule has 0 amide bonds. The summed E-state index contributed by atoms with van der Waals surface area (Å²) in [6.07, 6.45) is 42.9. The number of rotatable bonds is 45. The molecule has 0 heterocycles. The first kappa shape index (κ1) is 54.4. The fraction of sp³-hybridized carbons (Fsp3) is 0.940. The molecule has 0 spiro atoms. The molecule has 0 saturated heterocycles. The molecule has 0 aromatic rings. The number of esters is 3. The van der Waals surface area contributed by atoms with E-state index >= 15 is 0 Å². The Balaban J connectivity index is 5.04. The Morgan fingerprint density at radius 2 is 0.554 bits per heavy atom. The number of carbonyl (C=O) groups excluding carboxylic acids is 3. The summed E-state index contributed by atoms with van der Waals surface area (Å²) in [5.41, 5.74) is 0. The van der Waals surface area contributed by atoms with Crippen LogP contribution >= 0.6 is 0 Å². The van der Waals surface area contributed by atoms with Crippen molar-refractivity contribution in [1.82, 2.24) is 0 Å². The van der Waals surface area contributed by atoms with Gasteiger partial charge in [0.25, 0.3) is 0 Å². The van der Waals surface area contributed by atoms with Crippen molar-refractivity contribution in [2.75, 3.05) is 6.61 Å². The van der Waals surface area contributed by atoms with Gasteiger partial charge in [-0.2, -0.15) is 0 Å². The highest BCUT2D eigenvalue weighted by atomic mass is 16.6. The second kappa shape index (κ2) is 44.5. The maximum atomic E-state index is 13.2. The molecule has 6 heteroatoms. The van der Waals surface area contributed by atoms with E-state index in [1.807, 2.05) is 0 Å². The minimum Gasteiger partial charge on any atom is -0.466 e. The number of carbonyl (C=O) groups is 3. The van der Waals surface area contributed by atoms with E-state index in [1.165, 1.54) is 141 Å². The first-order chi connectivity index (χ1) is 27.5. The number of unbranched alkanes of at least 4 members (excludes halogenated alkanes) is 30. The van der Waals surface area contributed by atoms with Crippen molar-refractivity contribution in [3.05, 3.63) is 0 Å². The fourth-order valence-corrected chi connectivity index (χ4v) is 7.67. The van der Waals surface area contributed by atoms with Crippen LogP contribution in [-0.4, -0.2) is 36.7 Å².